The lowest BCUT2D eigenvalue weighted by Crippen LogP contribution is -2.11. The second-order valence-electron chi connectivity index (χ2n) is 4.39. The molecule has 0 radical (unpaired) electrons. The van der Waals surface area contributed by atoms with Crippen molar-refractivity contribution < 1.29 is 18.7 Å². The third-order valence-electron chi connectivity index (χ3n) is 2.80. The van der Waals surface area contributed by atoms with E-state index in [1.165, 1.54) is 7.11 Å². The van der Waals surface area contributed by atoms with Gasteiger partial charge in [-0.15, -0.1) is 0 Å². The van der Waals surface area contributed by atoms with E-state index in [1.54, 1.807) is 12.1 Å². The molecule has 0 saturated carbocycles. The van der Waals surface area contributed by atoms with E-state index >= 15 is 0 Å². The summed E-state index contributed by atoms with van der Waals surface area (Å²) in [6.07, 6.45) is -0.493. The third-order valence-corrected chi connectivity index (χ3v) is 2.80. The Morgan fingerprint density at radius 2 is 2.05 bits per heavy atom. The zero-order valence-electron chi connectivity index (χ0n) is 11.7. The standard InChI is InChI=1S/C15H17NO4/c1-10-8-12(6-7-14(10)16-15(17)18-3)19-9-13-5-4-11(2)20-13/h4-8H,9H2,1-3H3,(H,16,17). The number of amides is 1. The van der Waals surface area contributed by atoms with E-state index in [-0.39, 0.29) is 0 Å². The molecule has 0 spiro atoms. The van der Waals surface area contributed by atoms with Crippen LogP contribution in [0.5, 0.6) is 5.75 Å². The van der Waals surface area contributed by atoms with Crippen molar-refractivity contribution in [2.45, 2.75) is 20.5 Å². The molecule has 2 aromatic rings. The van der Waals surface area contributed by atoms with Crippen LogP contribution in [0.4, 0.5) is 10.5 Å². The lowest BCUT2D eigenvalue weighted by molar-refractivity contribution is 0.187. The number of furan rings is 1. The largest absolute Gasteiger partial charge is 0.486 e. The molecule has 0 unspecified atom stereocenters. The van der Waals surface area contributed by atoms with Crippen LogP contribution in [-0.2, 0) is 11.3 Å². The molecule has 1 heterocycles. The Morgan fingerprint density at radius 3 is 2.65 bits per heavy atom. The second-order valence-corrected chi connectivity index (χ2v) is 4.39. The van der Waals surface area contributed by atoms with Crippen LogP contribution >= 0.6 is 0 Å². The molecule has 1 amide bonds. The monoisotopic (exact) mass is 275 g/mol. The maximum absolute atomic E-state index is 11.2. The normalized spacial score (nSPS) is 10.2. The number of aryl methyl sites for hydroxylation is 2. The van der Waals surface area contributed by atoms with E-state index in [9.17, 15) is 4.79 Å². The van der Waals surface area contributed by atoms with Crippen molar-refractivity contribution in [3.8, 4) is 5.75 Å². The summed E-state index contributed by atoms with van der Waals surface area (Å²) in [4.78, 5) is 11.2. The minimum atomic E-state index is -0.493. The van der Waals surface area contributed by atoms with Gasteiger partial charge in [-0.25, -0.2) is 4.79 Å². The van der Waals surface area contributed by atoms with Gasteiger partial charge in [-0.3, -0.25) is 5.32 Å². The first-order valence-corrected chi connectivity index (χ1v) is 6.22. The van der Waals surface area contributed by atoms with E-state index in [1.807, 2.05) is 32.0 Å². The number of hydrogen-bond donors (Lipinski definition) is 1. The molecule has 5 nitrogen and oxygen atoms in total. The minimum Gasteiger partial charge on any atom is -0.486 e. The van der Waals surface area contributed by atoms with Gasteiger partial charge in [0.05, 0.1) is 7.11 Å². The van der Waals surface area contributed by atoms with E-state index in [2.05, 4.69) is 10.1 Å². The van der Waals surface area contributed by atoms with Crippen LogP contribution in [0.3, 0.4) is 0 Å². The van der Waals surface area contributed by atoms with Crippen LogP contribution in [0, 0.1) is 13.8 Å². The summed E-state index contributed by atoms with van der Waals surface area (Å²) in [6, 6.07) is 9.19. The maximum atomic E-state index is 11.2. The summed E-state index contributed by atoms with van der Waals surface area (Å²) in [5.74, 6) is 2.35. The van der Waals surface area contributed by atoms with Crippen molar-refractivity contribution >= 4 is 11.8 Å². The summed E-state index contributed by atoms with van der Waals surface area (Å²) in [7, 11) is 1.33. The van der Waals surface area contributed by atoms with Crippen molar-refractivity contribution in [3.63, 3.8) is 0 Å². The molecule has 1 aromatic carbocycles. The minimum absolute atomic E-state index is 0.372. The van der Waals surface area contributed by atoms with Gasteiger partial charge in [0.25, 0.3) is 0 Å². The van der Waals surface area contributed by atoms with Crippen LogP contribution < -0.4 is 10.1 Å². The number of hydrogen-bond acceptors (Lipinski definition) is 4. The lowest BCUT2D eigenvalue weighted by atomic mass is 10.2. The number of benzene rings is 1. The molecule has 0 aliphatic heterocycles. The van der Waals surface area contributed by atoms with E-state index in [0.29, 0.717) is 18.0 Å². The fraction of sp³-hybridized carbons (Fsp3) is 0.267. The molecule has 0 saturated heterocycles. The average molecular weight is 275 g/mol. The van der Waals surface area contributed by atoms with Gasteiger partial charge in [0.1, 0.15) is 23.9 Å². The zero-order valence-corrected chi connectivity index (χ0v) is 11.7. The van der Waals surface area contributed by atoms with Gasteiger partial charge in [-0.1, -0.05) is 0 Å². The van der Waals surface area contributed by atoms with Gasteiger partial charge in [-0.2, -0.15) is 0 Å². The Balaban J connectivity index is 1.99. The van der Waals surface area contributed by atoms with Crippen molar-refractivity contribution in [1.29, 1.82) is 0 Å². The molecular formula is C15H17NO4. The van der Waals surface area contributed by atoms with Gasteiger partial charge < -0.3 is 13.9 Å². The van der Waals surface area contributed by atoms with Gasteiger partial charge in [0.15, 0.2) is 0 Å². The number of nitrogens with one attached hydrogen (secondary N) is 1. The van der Waals surface area contributed by atoms with Gasteiger partial charge in [-0.05, 0) is 49.7 Å². The van der Waals surface area contributed by atoms with Crippen LogP contribution in [-0.4, -0.2) is 13.2 Å². The molecule has 20 heavy (non-hydrogen) atoms. The summed E-state index contributed by atoms with van der Waals surface area (Å²) in [6.45, 7) is 4.15. The number of ether oxygens (including phenoxy) is 2. The summed E-state index contributed by atoms with van der Waals surface area (Å²) >= 11 is 0. The molecule has 1 aromatic heterocycles. The van der Waals surface area contributed by atoms with Crippen molar-refractivity contribution in [2.75, 3.05) is 12.4 Å². The number of rotatable bonds is 4. The number of methoxy groups -OCH3 is 1. The Morgan fingerprint density at radius 1 is 1.25 bits per heavy atom. The van der Waals surface area contributed by atoms with Crippen LogP contribution in [0.25, 0.3) is 0 Å². The topological polar surface area (TPSA) is 60.7 Å². The van der Waals surface area contributed by atoms with Crippen molar-refractivity contribution in [3.05, 3.63) is 47.4 Å². The molecule has 1 N–H and O–H groups in total. The molecule has 5 heteroatoms. The Labute approximate surface area is 117 Å². The molecule has 106 valence electrons. The first-order chi connectivity index (χ1) is 9.58. The summed E-state index contributed by atoms with van der Waals surface area (Å²) in [5.41, 5.74) is 1.58. The number of anilines is 1. The van der Waals surface area contributed by atoms with Gasteiger partial charge in [0, 0.05) is 5.69 Å². The SMILES string of the molecule is COC(=O)Nc1ccc(OCc2ccc(C)o2)cc1C. The first-order valence-electron chi connectivity index (χ1n) is 6.22. The zero-order chi connectivity index (χ0) is 14.5. The highest BCUT2D eigenvalue weighted by atomic mass is 16.5. The second kappa shape index (κ2) is 6.14. The Hall–Kier alpha value is -2.43. The molecule has 2 rings (SSSR count). The van der Waals surface area contributed by atoms with Crippen LogP contribution in [0.15, 0.2) is 34.7 Å². The molecule has 0 atom stereocenters. The quantitative estimate of drug-likeness (QED) is 0.925. The molecule has 0 aliphatic carbocycles. The highest BCUT2D eigenvalue weighted by Gasteiger charge is 2.06. The highest BCUT2D eigenvalue weighted by molar-refractivity contribution is 5.85. The fourth-order valence-electron chi connectivity index (χ4n) is 1.74. The Bertz CT molecular complexity index is 604. The molecule has 0 aliphatic rings. The van der Waals surface area contributed by atoms with E-state index in [4.69, 9.17) is 9.15 Å². The van der Waals surface area contributed by atoms with E-state index in [0.717, 1.165) is 17.1 Å². The van der Waals surface area contributed by atoms with Crippen LogP contribution in [0.1, 0.15) is 17.1 Å². The summed E-state index contributed by atoms with van der Waals surface area (Å²) in [5, 5.41) is 2.63. The molecule has 0 fully saturated rings. The van der Waals surface area contributed by atoms with Crippen LogP contribution in [0.2, 0.25) is 0 Å². The Kier molecular flexibility index (Phi) is 4.30. The first kappa shape index (κ1) is 14.0. The predicted octanol–water partition coefficient (Wildman–Crippen LogP) is 3.65. The fourth-order valence-corrected chi connectivity index (χ4v) is 1.74. The lowest BCUT2D eigenvalue weighted by Gasteiger charge is -2.10. The van der Waals surface area contributed by atoms with Gasteiger partial charge >= 0.3 is 6.09 Å². The average Bonchev–Trinajstić information content (AvgIpc) is 2.85. The molecular weight excluding hydrogens is 258 g/mol. The number of carbonyl (C=O) groups is 1. The molecule has 0 bridgehead atoms. The smallest absolute Gasteiger partial charge is 0.411 e. The number of carbonyl (C=O) groups excluding carboxylic acids is 1. The van der Waals surface area contributed by atoms with Gasteiger partial charge in [0.2, 0.25) is 0 Å². The predicted molar refractivity (Wildman–Crippen MR) is 75.0 cm³/mol. The van der Waals surface area contributed by atoms with Crippen molar-refractivity contribution in [1.82, 2.24) is 0 Å². The van der Waals surface area contributed by atoms with Crippen molar-refractivity contribution in [2.24, 2.45) is 0 Å². The maximum Gasteiger partial charge on any atom is 0.411 e. The summed E-state index contributed by atoms with van der Waals surface area (Å²) < 4.78 is 15.6. The third kappa shape index (κ3) is 3.54. The van der Waals surface area contributed by atoms with E-state index < -0.39 is 6.09 Å². The highest BCUT2D eigenvalue weighted by Crippen LogP contribution is 2.22.